The maximum atomic E-state index is 13.8. The predicted molar refractivity (Wildman–Crippen MR) is 209 cm³/mol. The topological polar surface area (TPSA) is 109 Å². The van der Waals surface area contributed by atoms with Crippen LogP contribution in [0.1, 0.15) is 26.7 Å². The Morgan fingerprint density at radius 1 is 0.824 bits per heavy atom. The van der Waals surface area contributed by atoms with Crippen LogP contribution in [0, 0.1) is 0 Å². The van der Waals surface area contributed by atoms with Crippen molar-refractivity contribution in [1.29, 1.82) is 0 Å². The van der Waals surface area contributed by atoms with Crippen LogP contribution in [0.2, 0.25) is 0 Å². The average Bonchev–Trinajstić information content (AvgIpc) is 3.63. The number of thiazole rings is 1. The number of nitrogens with one attached hydrogen (secondary N) is 3. The van der Waals surface area contributed by atoms with Gasteiger partial charge in [0, 0.05) is 31.6 Å². The summed E-state index contributed by atoms with van der Waals surface area (Å²) < 4.78 is 6.23. The van der Waals surface area contributed by atoms with Crippen LogP contribution in [0.15, 0.2) is 154 Å². The van der Waals surface area contributed by atoms with Crippen molar-refractivity contribution in [1.82, 2.24) is 10.3 Å². The molecule has 6 rings (SSSR count). The summed E-state index contributed by atoms with van der Waals surface area (Å²) >= 11 is 6.17. The first-order valence-corrected chi connectivity index (χ1v) is 18.3. The van der Waals surface area contributed by atoms with E-state index in [1.54, 1.807) is 79.9 Å². The third-order valence-corrected chi connectivity index (χ3v) is 10.1. The third kappa shape index (κ3) is 9.61. The van der Waals surface area contributed by atoms with Crippen molar-refractivity contribution in [2.75, 3.05) is 17.7 Å². The van der Waals surface area contributed by atoms with Crippen LogP contribution < -0.4 is 20.7 Å². The molecule has 0 spiro atoms. The summed E-state index contributed by atoms with van der Waals surface area (Å²) in [6.07, 6.45) is 1.60. The molecule has 6 aromatic rings. The van der Waals surface area contributed by atoms with Crippen LogP contribution in [0.5, 0.6) is 5.75 Å². The average molecular weight is 776 g/mol. The minimum Gasteiger partial charge on any atom is -0.497 e. The number of thioether (sulfide) groups is 1. The largest absolute Gasteiger partial charge is 0.497 e. The number of methoxy groups -OCH3 is 1. The Labute approximate surface area is 312 Å². The zero-order valence-electron chi connectivity index (χ0n) is 27.2. The summed E-state index contributed by atoms with van der Waals surface area (Å²) in [5.74, 6) is -0.498. The van der Waals surface area contributed by atoms with Gasteiger partial charge in [-0.1, -0.05) is 94.8 Å². The number of carbonyl (C=O) groups excluding carboxylic acids is 3. The summed E-state index contributed by atoms with van der Waals surface area (Å²) in [5.41, 5.74) is 4.19. The molecule has 1 heterocycles. The summed E-state index contributed by atoms with van der Waals surface area (Å²) in [6.45, 7) is 0. The smallest absolute Gasteiger partial charge is 0.272 e. The number of hydrogen-bond acceptors (Lipinski definition) is 7. The molecule has 3 amide bonds. The lowest BCUT2D eigenvalue weighted by molar-refractivity contribution is -0.116. The van der Waals surface area contributed by atoms with E-state index in [1.807, 2.05) is 72.1 Å². The van der Waals surface area contributed by atoms with E-state index in [-0.39, 0.29) is 11.6 Å². The summed E-state index contributed by atoms with van der Waals surface area (Å²) in [4.78, 5) is 46.0. The number of rotatable bonds is 12. The number of aromatic nitrogens is 1. The molecule has 0 fully saturated rings. The van der Waals surface area contributed by atoms with Gasteiger partial charge < -0.3 is 20.7 Å². The SMILES string of the molecule is COc1ccc(/C=C(/NC(=O)c2ccccc2)C(=O)Nc2cccc(SC(C(=O)Nc3nc(-c4ccc(Br)cc4)cs3)c3ccccc3)c2)cc1. The van der Waals surface area contributed by atoms with Crippen LogP contribution in [0.25, 0.3) is 17.3 Å². The van der Waals surface area contributed by atoms with Gasteiger partial charge in [-0.25, -0.2) is 4.98 Å². The minimum atomic E-state index is -0.618. The Bertz CT molecular complexity index is 2160. The number of benzene rings is 5. The van der Waals surface area contributed by atoms with Gasteiger partial charge in [-0.15, -0.1) is 23.1 Å². The first-order chi connectivity index (χ1) is 24.8. The molecular formula is C40H31BrN4O4S2. The number of carbonyl (C=O) groups is 3. The van der Waals surface area contributed by atoms with Crippen LogP contribution in [0.4, 0.5) is 10.8 Å². The second kappa shape index (κ2) is 16.9. The van der Waals surface area contributed by atoms with E-state index in [9.17, 15) is 14.4 Å². The Morgan fingerprint density at radius 2 is 1.53 bits per heavy atom. The quantitative estimate of drug-likeness (QED) is 0.0845. The number of anilines is 2. The highest BCUT2D eigenvalue weighted by atomic mass is 79.9. The highest BCUT2D eigenvalue weighted by Crippen LogP contribution is 2.38. The van der Waals surface area contributed by atoms with Crippen molar-refractivity contribution in [3.05, 3.63) is 166 Å². The number of amides is 3. The molecule has 0 saturated heterocycles. The van der Waals surface area contributed by atoms with Gasteiger partial charge in [0.1, 0.15) is 16.7 Å². The lowest BCUT2D eigenvalue weighted by atomic mass is 10.1. The van der Waals surface area contributed by atoms with Crippen molar-refractivity contribution in [2.24, 2.45) is 0 Å². The molecule has 11 heteroatoms. The first kappa shape index (κ1) is 35.3. The predicted octanol–water partition coefficient (Wildman–Crippen LogP) is 9.46. The van der Waals surface area contributed by atoms with Crippen LogP contribution in [-0.4, -0.2) is 29.8 Å². The lowest BCUT2D eigenvalue weighted by Gasteiger charge is -2.17. The molecule has 0 saturated carbocycles. The van der Waals surface area contributed by atoms with Crippen molar-refractivity contribution in [3.63, 3.8) is 0 Å². The van der Waals surface area contributed by atoms with E-state index in [0.717, 1.165) is 26.2 Å². The molecule has 0 aliphatic heterocycles. The fourth-order valence-corrected chi connectivity index (χ4v) is 7.02. The maximum Gasteiger partial charge on any atom is 0.272 e. The van der Waals surface area contributed by atoms with E-state index in [0.29, 0.717) is 27.7 Å². The Kier molecular flexibility index (Phi) is 11.7. The van der Waals surface area contributed by atoms with Crippen molar-refractivity contribution in [2.45, 2.75) is 10.1 Å². The van der Waals surface area contributed by atoms with Crippen molar-refractivity contribution in [3.8, 4) is 17.0 Å². The number of ether oxygens (including phenoxy) is 1. The molecule has 0 aliphatic carbocycles. The molecule has 1 unspecified atom stereocenters. The molecule has 1 aromatic heterocycles. The molecule has 5 aromatic carbocycles. The number of halogens is 1. The van der Waals surface area contributed by atoms with E-state index in [1.165, 1.54) is 23.1 Å². The van der Waals surface area contributed by atoms with E-state index >= 15 is 0 Å². The number of nitrogens with zero attached hydrogens (tertiary/aromatic N) is 1. The summed E-state index contributed by atoms with van der Waals surface area (Å²) in [5, 5.41) is 10.5. The first-order valence-electron chi connectivity index (χ1n) is 15.7. The van der Waals surface area contributed by atoms with Gasteiger partial charge in [0.2, 0.25) is 5.91 Å². The summed E-state index contributed by atoms with van der Waals surface area (Å²) in [7, 11) is 1.58. The van der Waals surface area contributed by atoms with Crippen molar-refractivity contribution >= 4 is 73.6 Å². The van der Waals surface area contributed by atoms with Gasteiger partial charge in [0.05, 0.1) is 12.8 Å². The Morgan fingerprint density at radius 3 is 2.24 bits per heavy atom. The Hall–Kier alpha value is -5.49. The lowest BCUT2D eigenvalue weighted by Crippen LogP contribution is -2.30. The third-order valence-electron chi connectivity index (χ3n) is 7.52. The standard InChI is InChI=1S/C40H31BrN4O4S2/c1-49-32-21-15-26(16-22-32)23-34(43-37(46)29-11-6-3-7-12-29)38(47)42-31-13-8-14-33(24-31)51-36(28-9-4-2-5-10-28)39(48)45-40-44-35(25-50-40)27-17-19-30(41)20-18-27/h2-25,36H,1H3,(H,42,47)(H,43,46)(H,44,45,48)/b34-23+. The molecule has 8 nitrogen and oxygen atoms in total. The highest BCUT2D eigenvalue weighted by molar-refractivity contribution is 9.10. The van der Waals surface area contributed by atoms with Gasteiger partial charge in [-0.2, -0.15) is 0 Å². The zero-order chi connectivity index (χ0) is 35.6. The maximum absolute atomic E-state index is 13.8. The molecule has 0 bridgehead atoms. The van der Waals surface area contributed by atoms with Gasteiger partial charge in [-0.3, -0.25) is 14.4 Å². The van der Waals surface area contributed by atoms with Crippen LogP contribution >= 0.6 is 39.0 Å². The highest BCUT2D eigenvalue weighted by Gasteiger charge is 2.24. The van der Waals surface area contributed by atoms with E-state index in [4.69, 9.17) is 4.74 Å². The minimum absolute atomic E-state index is 0.0552. The molecule has 0 radical (unpaired) electrons. The van der Waals surface area contributed by atoms with Crippen LogP contribution in [0.3, 0.4) is 0 Å². The molecule has 254 valence electrons. The molecule has 0 aliphatic rings. The fourth-order valence-electron chi connectivity index (χ4n) is 4.95. The van der Waals surface area contributed by atoms with Gasteiger partial charge in [-0.05, 0) is 71.8 Å². The van der Waals surface area contributed by atoms with Crippen LogP contribution in [-0.2, 0) is 9.59 Å². The zero-order valence-corrected chi connectivity index (χ0v) is 30.4. The molecule has 3 N–H and O–H groups in total. The summed E-state index contributed by atoms with van der Waals surface area (Å²) in [6, 6.07) is 40.4. The normalized spacial score (nSPS) is 11.7. The van der Waals surface area contributed by atoms with Gasteiger partial charge >= 0.3 is 0 Å². The second-order valence-corrected chi connectivity index (χ2v) is 14.0. The monoisotopic (exact) mass is 774 g/mol. The molecule has 51 heavy (non-hydrogen) atoms. The molecule has 1 atom stereocenters. The number of hydrogen-bond donors (Lipinski definition) is 3. The van der Waals surface area contributed by atoms with E-state index < -0.39 is 17.1 Å². The van der Waals surface area contributed by atoms with Gasteiger partial charge in [0.15, 0.2) is 5.13 Å². The van der Waals surface area contributed by atoms with E-state index in [2.05, 4.69) is 36.9 Å². The van der Waals surface area contributed by atoms with Crippen molar-refractivity contribution < 1.29 is 19.1 Å². The Balaban J connectivity index is 1.21. The van der Waals surface area contributed by atoms with Gasteiger partial charge in [0.25, 0.3) is 11.8 Å². The fraction of sp³-hybridized carbons (Fsp3) is 0.0500. The second-order valence-electron chi connectivity index (χ2n) is 11.1. The molecular weight excluding hydrogens is 745 g/mol.